The highest BCUT2D eigenvalue weighted by atomic mass is 35.5. The lowest BCUT2D eigenvalue weighted by molar-refractivity contribution is -0.133. The van der Waals surface area contributed by atoms with E-state index >= 15 is 0 Å². The molecule has 0 aromatic heterocycles. The van der Waals surface area contributed by atoms with E-state index in [4.69, 9.17) is 21.7 Å². The van der Waals surface area contributed by atoms with Crippen LogP contribution in [0, 0.1) is 18.8 Å². The van der Waals surface area contributed by atoms with Gasteiger partial charge in [-0.1, -0.05) is 17.7 Å². The van der Waals surface area contributed by atoms with Crippen molar-refractivity contribution in [3.63, 3.8) is 0 Å². The van der Waals surface area contributed by atoms with E-state index in [0.717, 1.165) is 5.56 Å². The summed E-state index contributed by atoms with van der Waals surface area (Å²) in [6, 6.07) is 12.0. The van der Waals surface area contributed by atoms with E-state index in [1.165, 1.54) is 6.42 Å². The molecule has 0 saturated heterocycles. The smallest absolute Gasteiger partial charge is 0.389 e. The highest BCUT2D eigenvalue weighted by molar-refractivity contribution is 6.31. The van der Waals surface area contributed by atoms with E-state index < -0.39 is 12.6 Å². The summed E-state index contributed by atoms with van der Waals surface area (Å²) in [6.07, 6.45) is -4.07. The van der Waals surface area contributed by atoms with Crippen LogP contribution in [0.3, 0.4) is 0 Å². The third-order valence-corrected chi connectivity index (χ3v) is 3.80. The molecular weight excluding hydrogens is 339 g/mol. The van der Waals surface area contributed by atoms with Gasteiger partial charge in [0.15, 0.2) is 0 Å². The number of halogens is 4. The fraction of sp³-hybridized carbons (Fsp3) is 0.222. The van der Waals surface area contributed by atoms with Crippen molar-refractivity contribution in [3.8, 4) is 11.5 Å². The zero-order valence-corrected chi connectivity index (χ0v) is 13.7. The maximum absolute atomic E-state index is 12.1. The zero-order valence-electron chi connectivity index (χ0n) is 13.0. The molecular formula is C18H16ClF3NO. The van der Waals surface area contributed by atoms with Gasteiger partial charge >= 0.3 is 6.18 Å². The van der Waals surface area contributed by atoms with Gasteiger partial charge in [0, 0.05) is 29.1 Å². The van der Waals surface area contributed by atoms with Crippen LogP contribution in [0.5, 0.6) is 11.5 Å². The van der Waals surface area contributed by atoms with Crippen LogP contribution in [-0.4, -0.2) is 11.9 Å². The topological polar surface area (TPSA) is 33.1 Å². The molecule has 0 bridgehead atoms. The summed E-state index contributed by atoms with van der Waals surface area (Å²) in [5.74, 6) is 1.19. The minimum Gasteiger partial charge on any atom is -0.457 e. The molecule has 0 aliphatic heterocycles. The van der Waals surface area contributed by atoms with Gasteiger partial charge in [-0.3, -0.25) is 0 Å². The van der Waals surface area contributed by atoms with Gasteiger partial charge in [-0.25, -0.2) is 0 Å². The van der Waals surface area contributed by atoms with E-state index in [1.807, 2.05) is 6.92 Å². The molecule has 0 aliphatic carbocycles. The number of rotatable bonds is 6. The number of hydrogen-bond acceptors (Lipinski definition) is 2. The van der Waals surface area contributed by atoms with Gasteiger partial charge in [-0.15, -0.1) is 0 Å². The van der Waals surface area contributed by atoms with Crippen LogP contribution in [0.15, 0.2) is 42.5 Å². The second-order valence-corrected chi connectivity index (χ2v) is 5.67. The second kappa shape index (κ2) is 7.71. The first kappa shape index (κ1) is 18.3. The Morgan fingerprint density at radius 1 is 1.17 bits per heavy atom. The molecule has 1 radical (unpaired) electrons. The molecule has 0 amide bonds. The van der Waals surface area contributed by atoms with Gasteiger partial charge in [-0.05, 0) is 55.3 Å². The molecule has 1 N–H and O–H groups in total. The van der Waals surface area contributed by atoms with Crippen molar-refractivity contribution in [2.45, 2.75) is 25.9 Å². The lowest BCUT2D eigenvalue weighted by atomic mass is 10.0. The van der Waals surface area contributed by atoms with Gasteiger partial charge in [-0.2, -0.15) is 13.2 Å². The third kappa shape index (κ3) is 5.27. The van der Waals surface area contributed by atoms with E-state index in [-0.39, 0.29) is 12.1 Å². The van der Waals surface area contributed by atoms with Crippen LogP contribution < -0.4 is 4.74 Å². The highest BCUT2D eigenvalue weighted by Gasteiger charge is 2.26. The molecule has 127 valence electrons. The molecule has 24 heavy (non-hydrogen) atoms. The largest absolute Gasteiger partial charge is 0.457 e. The Kier molecular flexibility index (Phi) is 5.89. The van der Waals surface area contributed by atoms with Gasteiger partial charge in [0.1, 0.15) is 11.5 Å². The molecule has 2 nitrogen and oxygen atoms in total. The van der Waals surface area contributed by atoms with Gasteiger partial charge in [0.05, 0.1) is 0 Å². The molecule has 2 rings (SSSR count). The SMILES string of the molecule is Cc1c(Cl)cccc1Oc1ccc(C(=N)[CH]CCC(F)(F)F)cc1. The minimum absolute atomic E-state index is 0.0599. The summed E-state index contributed by atoms with van der Waals surface area (Å²) in [4.78, 5) is 0. The van der Waals surface area contributed by atoms with E-state index in [9.17, 15) is 13.2 Å². The molecule has 0 heterocycles. The van der Waals surface area contributed by atoms with Crippen LogP contribution in [-0.2, 0) is 0 Å². The van der Waals surface area contributed by atoms with Gasteiger partial charge < -0.3 is 10.1 Å². The third-order valence-electron chi connectivity index (χ3n) is 3.39. The van der Waals surface area contributed by atoms with Crippen molar-refractivity contribution in [1.29, 1.82) is 5.41 Å². The van der Waals surface area contributed by atoms with Crippen molar-refractivity contribution in [2.75, 3.05) is 0 Å². The molecule has 6 heteroatoms. The summed E-state index contributed by atoms with van der Waals surface area (Å²) in [5.41, 5.74) is 1.41. The lowest BCUT2D eigenvalue weighted by Crippen LogP contribution is -2.09. The molecule has 0 fully saturated rings. The van der Waals surface area contributed by atoms with Crippen LogP contribution >= 0.6 is 11.6 Å². The minimum atomic E-state index is -4.21. The molecule has 0 aliphatic rings. The Morgan fingerprint density at radius 3 is 2.46 bits per heavy atom. The number of nitrogens with one attached hydrogen (secondary N) is 1. The monoisotopic (exact) mass is 354 g/mol. The van der Waals surface area contributed by atoms with E-state index in [2.05, 4.69) is 0 Å². The Labute approximate surface area is 143 Å². The van der Waals surface area contributed by atoms with Crippen LogP contribution in [0.4, 0.5) is 13.2 Å². The average Bonchev–Trinajstić information content (AvgIpc) is 2.51. The van der Waals surface area contributed by atoms with E-state index in [0.29, 0.717) is 22.1 Å². The predicted octanol–water partition coefficient (Wildman–Crippen LogP) is 6.36. The number of benzene rings is 2. The van der Waals surface area contributed by atoms with Gasteiger partial charge in [0.25, 0.3) is 0 Å². The van der Waals surface area contributed by atoms with Crippen molar-refractivity contribution in [3.05, 3.63) is 65.0 Å². The molecule has 2 aromatic rings. The molecule has 2 aromatic carbocycles. The van der Waals surface area contributed by atoms with Crippen LogP contribution in [0.2, 0.25) is 5.02 Å². The average molecular weight is 355 g/mol. The number of alkyl halides is 3. The van der Waals surface area contributed by atoms with Crippen LogP contribution in [0.1, 0.15) is 24.0 Å². The summed E-state index contributed by atoms with van der Waals surface area (Å²) in [6.45, 7) is 1.84. The second-order valence-electron chi connectivity index (χ2n) is 5.26. The van der Waals surface area contributed by atoms with E-state index in [1.54, 1.807) is 42.5 Å². The maximum atomic E-state index is 12.1. The lowest BCUT2D eigenvalue weighted by Gasteiger charge is -2.11. The quantitative estimate of drug-likeness (QED) is 0.602. The Hall–Kier alpha value is -2.01. The first-order chi connectivity index (χ1) is 11.3. The maximum Gasteiger partial charge on any atom is 0.389 e. The fourth-order valence-corrected chi connectivity index (χ4v) is 2.19. The summed E-state index contributed by atoms with van der Waals surface area (Å²) >= 11 is 6.04. The summed E-state index contributed by atoms with van der Waals surface area (Å²) in [7, 11) is 0. The molecule has 0 unspecified atom stereocenters. The Morgan fingerprint density at radius 2 is 1.83 bits per heavy atom. The van der Waals surface area contributed by atoms with Crippen molar-refractivity contribution < 1.29 is 17.9 Å². The molecule has 0 atom stereocenters. The molecule has 0 saturated carbocycles. The zero-order chi connectivity index (χ0) is 17.7. The van der Waals surface area contributed by atoms with Crippen molar-refractivity contribution in [2.24, 2.45) is 0 Å². The highest BCUT2D eigenvalue weighted by Crippen LogP contribution is 2.29. The Bertz CT molecular complexity index is 711. The molecule has 0 spiro atoms. The number of hydrogen-bond donors (Lipinski definition) is 1. The van der Waals surface area contributed by atoms with Crippen LogP contribution in [0.25, 0.3) is 0 Å². The van der Waals surface area contributed by atoms with Crippen molar-refractivity contribution in [1.82, 2.24) is 0 Å². The van der Waals surface area contributed by atoms with Crippen molar-refractivity contribution >= 4 is 17.3 Å². The Balaban J connectivity index is 1.97. The number of ether oxygens (including phenoxy) is 1. The first-order valence-electron chi connectivity index (χ1n) is 7.28. The normalized spacial score (nSPS) is 11.4. The first-order valence-corrected chi connectivity index (χ1v) is 7.66. The summed E-state index contributed by atoms with van der Waals surface area (Å²) < 4.78 is 42.1. The summed E-state index contributed by atoms with van der Waals surface area (Å²) in [5, 5.41) is 8.41. The fourth-order valence-electron chi connectivity index (χ4n) is 2.03. The standard InChI is InChI=1S/C18H16ClF3NO/c1-12-15(19)4-2-6-17(12)24-14-9-7-13(8-10-14)16(23)5-3-11-18(20,21)22/h2,4-10,23H,3,11H2,1H3. The van der Waals surface area contributed by atoms with Gasteiger partial charge in [0.2, 0.25) is 0 Å². The predicted molar refractivity (Wildman–Crippen MR) is 89.1 cm³/mol.